The summed E-state index contributed by atoms with van der Waals surface area (Å²) in [6.07, 6.45) is 3.51. The lowest BCUT2D eigenvalue weighted by Gasteiger charge is -2.27. The van der Waals surface area contributed by atoms with Crippen molar-refractivity contribution in [3.8, 4) is 0 Å². The van der Waals surface area contributed by atoms with Crippen LogP contribution in [0, 0.1) is 11.7 Å². The van der Waals surface area contributed by atoms with Gasteiger partial charge < -0.3 is 4.74 Å². The standard InChI is InChI=1S/C15H18ClFO2/c1-2-19-15(18)11-5-3-10(4-6-11)12-7-8-14(17)13(16)9-12/h7-11H,2-6H2,1H3/t10-,11-. The van der Waals surface area contributed by atoms with Gasteiger partial charge in [0.15, 0.2) is 0 Å². The van der Waals surface area contributed by atoms with Crippen molar-refractivity contribution in [1.82, 2.24) is 0 Å². The third-order valence-corrected chi connectivity index (χ3v) is 4.05. The van der Waals surface area contributed by atoms with E-state index in [2.05, 4.69) is 0 Å². The maximum Gasteiger partial charge on any atom is 0.308 e. The Labute approximate surface area is 117 Å². The normalized spacial score (nSPS) is 23.1. The molecule has 0 aliphatic heterocycles. The van der Waals surface area contributed by atoms with Crippen molar-refractivity contribution in [2.75, 3.05) is 6.61 Å². The quantitative estimate of drug-likeness (QED) is 0.773. The molecule has 0 N–H and O–H groups in total. The van der Waals surface area contributed by atoms with Crippen LogP contribution in [0.2, 0.25) is 5.02 Å². The number of esters is 1. The lowest BCUT2D eigenvalue weighted by molar-refractivity contribution is -0.149. The van der Waals surface area contributed by atoms with Gasteiger partial charge in [0.2, 0.25) is 0 Å². The minimum absolute atomic E-state index is 0.0205. The minimum Gasteiger partial charge on any atom is -0.466 e. The van der Waals surface area contributed by atoms with Crippen LogP contribution >= 0.6 is 11.6 Å². The van der Waals surface area contributed by atoms with E-state index in [0.29, 0.717) is 12.5 Å². The van der Waals surface area contributed by atoms with Gasteiger partial charge in [0.05, 0.1) is 17.5 Å². The van der Waals surface area contributed by atoms with E-state index in [9.17, 15) is 9.18 Å². The Morgan fingerprint density at radius 1 is 1.37 bits per heavy atom. The van der Waals surface area contributed by atoms with Crippen molar-refractivity contribution in [3.05, 3.63) is 34.6 Å². The summed E-state index contributed by atoms with van der Waals surface area (Å²) in [6, 6.07) is 4.90. The molecule has 2 rings (SSSR count). The predicted molar refractivity (Wildman–Crippen MR) is 72.7 cm³/mol. The maximum atomic E-state index is 13.1. The molecule has 0 unspecified atom stereocenters. The minimum atomic E-state index is -0.384. The molecule has 1 aromatic carbocycles. The number of ether oxygens (including phenoxy) is 1. The average Bonchev–Trinajstić information content (AvgIpc) is 2.42. The van der Waals surface area contributed by atoms with Gasteiger partial charge >= 0.3 is 5.97 Å². The number of carbonyl (C=O) groups is 1. The van der Waals surface area contributed by atoms with E-state index in [4.69, 9.17) is 16.3 Å². The van der Waals surface area contributed by atoms with Crippen LogP contribution in [0.5, 0.6) is 0 Å². The van der Waals surface area contributed by atoms with Crippen molar-refractivity contribution in [2.24, 2.45) is 5.92 Å². The summed E-state index contributed by atoms with van der Waals surface area (Å²) in [4.78, 5) is 11.6. The molecule has 19 heavy (non-hydrogen) atoms. The summed E-state index contributed by atoms with van der Waals surface area (Å²) < 4.78 is 18.2. The van der Waals surface area contributed by atoms with E-state index < -0.39 is 0 Å². The first-order chi connectivity index (χ1) is 9.11. The molecule has 0 radical (unpaired) electrons. The molecule has 0 spiro atoms. The van der Waals surface area contributed by atoms with Crippen LogP contribution in [0.1, 0.15) is 44.1 Å². The van der Waals surface area contributed by atoms with Gasteiger partial charge in [0.1, 0.15) is 5.82 Å². The van der Waals surface area contributed by atoms with E-state index in [1.54, 1.807) is 12.1 Å². The number of hydrogen-bond acceptors (Lipinski definition) is 2. The average molecular weight is 285 g/mol. The molecule has 1 aromatic rings. The second-order valence-electron chi connectivity index (χ2n) is 4.97. The number of carbonyl (C=O) groups excluding carboxylic acids is 1. The van der Waals surface area contributed by atoms with Crippen molar-refractivity contribution in [2.45, 2.75) is 38.5 Å². The molecule has 4 heteroatoms. The zero-order chi connectivity index (χ0) is 13.8. The Morgan fingerprint density at radius 2 is 2.05 bits per heavy atom. The van der Waals surface area contributed by atoms with Crippen LogP contribution in [-0.4, -0.2) is 12.6 Å². The maximum absolute atomic E-state index is 13.1. The molecule has 0 aromatic heterocycles. The van der Waals surface area contributed by atoms with Gasteiger partial charge in [-0.05, 0) is 56.2 Å². The first kappa shape index (κ1) is 14.3. The van der Waals surface area contributed by atoms with Gasteiger partial charge in [0, 0.05) is 0 Å². The summed E-state index contributed by atoms with van der Waals surface area (Å²) in [5.74, 6) is -0.0837. The van der Waals surface area contributed by atoms with Gasteiger partial charge in [-0.1, -0.05) is 17.7 Å². The monoisotopic (exact) mass is 284 g/mol. The Hall–Kier alpha value is -1.09. The molecule has 1 aliphatic carbocycles. The Balaban J connectivity index is 1.96. The van der Waals surface area contributed by atoms with Crippen LogP contribution in [0.4, 0.5) is 4.39 Å². The summed E-state index contributed by atoms with van der Waals surface area (Å²) in [7, 11) is 0. The number of benzene rings is 1. The van der Waals surface area contributed by atoms with E-state index in [1.165, 1.54) is 6.07 Å². The zero-order valence-corrected chi connectivity index (χ0v) is 11.8. The Kier molecular flexibility index (Phi) is 4.81. The van der Waals surface area contributed by atoms with Crippen LogP contribution in [-0.2, 0) is 9.53 Å². The summed E-state index contributed by atoms with van der Waals surface area (Å²) in [5, 5.41) is 0.171. The molecule has 0 amide bonds. The number of hydrogen-bond donors (Lipinski definition) is 0. The van der Waals surface area contributed by atoms with Gasteiger partial charge in [-0.25, -0.2) is 4.39 Å². The van der Waals surface area contributed by atoms with E-state index >= 15 is 0 Å². The van der Waals surface area contributed by atoms with Crippen LogP contribution < -0.4 is 0 Å². The molecule has 0 bridgehead atoms. The molecule has 0 atom stereocenters. The fourth-order valence-corrected chi connectivity index (χ4v) is 2.88. The van der Waals surface area contributed by atoms with E-state index in [1.807, 2.05) is 6.92 Å². The number of rotatable bonds is 3. The largest absolute Gasteiger partial charge is 0.466 e. The first-order valence-electron chi connectivity index (χ1n) is 6.73. The zero-order valence-electron chi connectivity index (χ0n) is 11.0. The van der Waals surface area contributed by atoms with Gasteiger partial charge in [0.25, 0.3) is 0 Å². The molecule has 2 nitrogen and oxygen atoms in total. The molecule has 1 fully saturated rings. The molecule has 0 saturated heterocycles. The lowest BCUT2D eigenvalue weighted by atomic mass is 9.79. The third kappa shape index (κ3) is 3.47. The fourth-order valence-electron chi connectivity index (χ4n) is 2.69. The molecular weight excluding hydrogens is 267 g/mol. The van der Waals surface area contributed by atoms with Crippen molar-refractivity contribution >= 4 is 17.6 Å². The SMILES string of the molecule is CCOC(=O)[C@H]1CC[C@H](c2ccc(F)c(Cl)c2)CC1. The highest BCUT2D eigenvalue weighted by Crippen LogP contribution is 2.37. The summed E-state index contributed by atoms with van der Waals surface area (Å²) >= 11 is 5.80. The van der Waals surface area contributed by atoms with Gasteiger partial charge in [-0.2, -0.15) is 0 Å². The smallest absolute Gasteiger partial charge is 0.308 e. The molecule has 104 valence electrons. The molecule has 1 saturated carbocycles. The topological polar surface area (TPSA) is 26.3 Å². The molecule has 0 heterocycles. The first-order valence-corrected chi connectivity index (χ1v) is 7.11. The fraction of sp³-hybridized carbons (Fsp3) is 0.533. The van der Waals surface area contributed by atoms with E-state index in [0.717, 1.165) is 31.2 Å². The molecular formula is C15H18ClFO2. The summed E-state index contributed by atoms with van der Waals surface area (Å²) in [6.45, 7) is 2.26. The third-order valence-electron chi connectivity index (χ3n) is 3.76. The second kappa shape index (κ2) is 6.38. The van der Waals surface area contributed by atoms with Crippen molar-refractivity contribution in [3.63, 3.8) is 0 Å². The summed E-state index contributed by atoms with van der Waals surface area (Å²) in [5.41, 5.74) is 1.06. The van der Waals surface area contributed by atoms with Gasteiger partial charge in [-0.3, -0.25) is 4.79 Å². The van der Waals surface area contributed by atoms with Crippen molar-refractivity contribution in [1.29, 1.82) is 0 Å². The van der Waals surface area contributed by atoms with E-state index in [-0.39, 0.29) is 22.7 Å². The second-order valence-corrected chi connectivity index (χ2v) is 5.38. The van der Waals surface area contributed by atoms with Crippen LogP contribution in [0.3, 0.4) is 0 Å². The van der Waals surface area contributed by atoms with Crippen LogP contribution in [0.15, 0.2) is 18.2 Å². The van der Waals surface area contributed by atoms with Gasteiger partial charge in [-0.15, -0.1) is 0 Å². The number of halogens is 2. The lowest BCUT2D eigenvalue weighted by Crippen LogP contribution is -2.23. The molecule has 1 aliphatic rings. The highest BCUT2D eigenvalue weighted by atomic mass is 35.5. The van der Waals surface area contributed by atoms with Crippen molar-refractivity contribution < 1.29 is 13.9 Å². The Bertz CT molecular complexity index is 453. The Morgan fingerprint density at radius 3 is 2.63 bits per heavy atom. The highest BCUT2D eigenvalue weighted by molar-refractivity contribution is 6.30. The predicted octanol–water partition coefficient (Wildman–Crippen LogP) is 4.32. The van der Waals surface area contributed by atoms with Crippen LogP contribution in [0.25, 0.3) is 0 Å². The highest BCUT2D eigenvalue weighted by Gasteiger charge is 2.28.